The molecule has 12 nitrogen and oxygen atoms in total. The normalized spacial score (nSPS) is 35.3. The number of ketones is 1. The lowest BCUT2D eigenvalue weighted by Crippen LogP contribution is -2.60. The SMILES string of the molecule is Cc1c(O[C@@H]2OC[C@@H](O)[C@H](O[C@@H]3OC[C@@H](O)[C@H](O)C3O)C2O)cc2c(c1O)C(=O)CC(c1ccccc1)O2. The van der Waals surface area contributed by atoms with Gasteiger partial charge in [0.2, 0.25) is 6.29 Å². The molecule has 6 N–H and O–H groups in total. The molecule has 0 radical (unpaired) electrons. The Morgan fingerprint density at radius 3 is 2.32 bits per heavy atom. The first-order chi connectivity index (χ1) is 18.2. The van der Waals surface area contributed by atoms with Gasteiger partial charge in [-0.1, -0.05) is 30.3 Å². The third-order valence-corrected chi connectivity index (χ3v) is 6.97. The number of phenols is 1. The predicted molar refractivity (Wildman–Crippen MR) is 127 cm³/mol. The van der Waals surface area contributed by atoms with Crippen molar-refractivity contribution < 1.29 is 59.1 Å². The Balaban J connectivity index is 1.35. The van der Waals surface area contributed by atoms with Crippen molar-refractivity contribution in [1.29, 1.82) is 0 Å². The molecule has 0 bridgehead atoms. The maximum atomic E-state index is 12.9. The summed E-state index contributed by atoms with van der Waals surface area (Å²) in [6, 6.07) is 10.6. The van der Waals surface area contributed by atoms with Crippen LogP contribution >= 0.6 is 0 Å². The van der Waals surface area contributed by atoms with Gasteiger partial charge in [-0.2, -0.15) is 0 Å². The Bertz CT molecular complexity index is 1160. The highest BCUT2D eigenvalue weighted by Crippen LogP contribution is 2.45. The largest absolute Gasteiger partial charge is 0.507 e. The van der Waals surface area contributed by atoms with Crippen molar-refractivity contribution in [2.24, 2.45) is 0 Å². The van der Waals surface area contributed by atoms with Crippen molar-refractivity contribution in [2.45, 2.75) is 68.7 Å². The van der Waals surface area contributed by atoms with Crippen LogP contribution in [0, 0.1) is 6.92 Å². The van der Waals surface area contributed by atoms with Crippen LogP contribution in [0.1, 0.15) is 34.0 Å². The number of aliphatic hydroxyl groups excluding tert-OH is 5. The molecule has 3 aliphatic rings. The van der Waals surface area contributed by atoms with Crippen LogP contribution in [0.2, 0.25) is 0 Å². The molecule has 12 heteroatoms. The molecule has 0 aromatic heterocycles. The topological polar surface area (TPSA) is 185 Å². The summed E-state index contributed by atoms with van der Waals surface area (Å²) >= 11 is 0. The Kier molecular flexibility index (Phi) is 7.58. The summed E-state index contributed by atoms with van der Waals surface area (Å²) in [5, 5.41) is 61.7. The summed E-state index contributed by atoms with van der Waals surface area (Å²) in [5.41, 5.74) is 1.04. The minimum absolute atomic E-state index is 0.0351. The number of carbonyl (C=O) groups excluding carboxylic acids is 1. The minimum atomic E-state index is -1.63. The van der Waals surface area contributed by atoms with Gasteiger partial charge in [-0.3, -0.25) is 4.79 Å². The van der Waals surface area contributed by atoms with Crippen molar-refractivity contribution in [2.75, 3.05) is 13.2 Å². The van der Waals surface area contributed by atoms with Crippen molar-refractivity contribution in [3.05, 3.63) is 53.1 Å². The van der Waals surface area contributed by atoms with Crippen molar-refractivity contribution in [3.63, 3.8) is 0 Å². The van der Waals surface area contributed by atoms with Crippen LogP contribution in [0.25, 0.3) is 0 Å². The molecule has 0 saturated carbocycles. The number of aromatic hydroxyl groups is 1. The second-order valence-corrected chi connectivity index (χ2v) is 9.59. The second-order valence-electron chi connectivity index (χ2n) is 9.59. The molecular formula is C26H30O12. The van der Waals surface area contributed by atoms with E-state index in [4.69, 9.17) is 23.7 Å². The quantitative estimate of drug-likeness (QED) is 0.294. The van der Waals surface area contributed by atoms with E-state index in [0.717, 1.165) is 5.56 Å². The Morgan fingerprint density at radius 1 is 0.895 bits per heavy atom. The molecule has 206 valence electrons. The average molecular weight is 535 g/mol. The van der Waals surface area contributed by atoms with E-state index in [1.807, 2.05) is 30.3 Å². The first-order valence-electron chi connectivity index (χ1n) is 12.2. The fraction of sp³-hybridized carbons (Fsp3) is 0.500. The summed E-state index contributed by atoms with van der Waals surface area (Å²) in [7, 11) is 0. The molecule has 2 aromatic rings. The standard InChI is InChI=1S/C26H30O12/c1-11-16(8-18-19(20(11)30)13(27)7-17(36-18)12-5-3-2-4-6-12)37-26-23(33)24(15(29)10-35-26)38-25-22(32)21(31)14(28)9-34-25/h2-6,8,14-15,17,21-26,28-33H,7,9-10H2,1H3/t14-,15-,17?,21+,22?,23?,24+,25+,26+/m1/s1. The summed E-state index contributed by atoms with van der Waals surface area (Å²) in [4.78, 5) is 12.9. The number of hydrogen-bond donors (Lipinski definition) is 6. The molecule has 3 heterocycles. The van der Waals surface area contributed by atoms with Gasteiger partial charge < -0.3 is 54.3 Å². The molecule has 2 aromatic carbocycles. The van der Waals surface area contributed by atoms with E-state index >= 15 is 0 Å². The van der Waals surface area contributed by atoms with E-state index in [1.165, 1.54) is 13.0 Å². The van der Waals surface area contributed by atoms with Gasteiger partial charge in [0.25, 0.3) is 0 Å². The lowest BCUT2D eigenvalue weighted by molar-refractivity contribution is -0.326. The summed E-state index contributed by atoms with van der Waals surface area (Å²) in [6.45, 7) is 0.883. The van der Waals surface area contributed by atoms with E-state index < -0.39 is 55.3 Å². The van der Waals surface area contributed by atoms with Crippen LogP contribution in [0.4, 0.5) is 0 Å². The zero-order valence-electron chi connectivity index (χ0n) is 20.4. The maximum Gasteiger partial charge on any atom is 0.228 e. The van der Waals surface area contributed by atoms with E-state index in [0.29, 0.717) is 0 Å². The summed E-state index contributed by atoms with van der Waals surface area (Å²) in [6.07, 6.45) is -12.1. The lowest BCUT2D eigenvalue weighted by atomic mass is 9.94. The highest BCUT2D eigenvalue weighted by Gasteiger charge is 2.46. The molecule has 2 saturated heterocycles. The fourth-order valence-corrected chi connectivity index (χ4v) is 4.75. The van der Waals surface area contributed by atoms with Gasteiger partial charge >= 0.3 is 0 Å². The van der Waals surface area contributed by atoms with Crippen molar-refractivity contribution in [1.82, 2.24) is 0 Å². The van der Waals surface area contributed by atoms with Gasteiger partial charge in [0.05, 0.1) is 19.6 Å². The van der Waals surface area contributed by atoms with Crippen LogP contribution in [-0.4, -0.2) is 98.8 Å². The molecule has 0 amide bonds. The van der Waals surface area contributed by atoms with Crippen LogP contribution in [0.3, 0.4) is 0 Å². The summed E-state index contributed by atoms with van der Waals surface area (Å²) < 4.78 is 28.1. The zero-order valence-corrected chi connectivity index (χ0v) is 20.4. The van der Waals surface area contributed by atoms with Crippen molar-refractivity contribution in [3.8, 4) is 17.2 Å². The van der Waals surface area contributed by atoms with Crippen LogP contribution < -0.4 is 9.47 Å². The monoisotopic (exact) mass is 534 g/mol. The summed E-state index contributed by atoms with van der Waals surface area (Å²) in [5.74, 6) is -0.443. The van der Waals surface area contributed by atoms with Crippen molar-refractivity contribution >= 4 is 5.78 Å². The van der Waals surface area contributed by atoms with Gasteiger partial charge in [-0.05, 0) is 12.5 Å². The van der Waals surface area contributed by atoms with Gasteiger partial charge in [-0.25, -0.2) is 0 Å². The number of phenolic OH excluding ortho intramolecular Hbond substituents is 1. The number of carbonyl (C=O) groups is 1. The molecule has 3 aliphatic heterocycles. The molecule has 2 fully saturated rings. The molecule has 5 rings (SSSR count). The molecule has 38 heavy (non-hydrogen) atoms. The lowest BCUT2D eigenvalue weighted by Gasteiger charge is -2.42. The Labute approximate surface area is 217 Å². The van der Waals surface area contributed by atoms with Gasteiger partial charge in [-0.15, -0.1) is 0 Å². The van der Waals surface area contributed by atoms with E-state index in [2.05, 4.69) is 0 Å². The molecule has 9 atom stereocenters. The smallest absolute Gasteiger partial charge is 0.228 e. The maximum absolute atomic E-state index is 12.9. The average Bonchev–Trinajstić information content (AvgIpc) is 2.91. The van der Waals surface area contributed by atoms with Crippen LogP contribution in [0.15, 0.2) is 36.4 Å². The highest BCUT2D eigenvalue weighted by atomic mass is 16.7. The van der Waals surface area contributed by atoms with E-state index in [-0.39, 0.29) is 53.8 Å². The number of fused-ring (bicyclic) bond motifs is 1. The number of hydrogen-bond acceptors (Lipinski definition) is 12. The van der Waals surface area contributed by atoms with Gasteiger partial charge in [0.1, 0.15) is 65.5 Å². The molecule has 0 aliphatic carbocycles. The number of ether oxygens (including phenoxy) is 5. The first-order valence-corrected chi connectivity index (χ1v) is 12.2. The van der Waals surface area contributed by atoms with Crippen LogP contribution in [0.5, 0.6) is 17.2 Å². The van der Waals surface area contributed by atoms with E-state index in [9.17, 15) is 35.4 Å². The predicted octanol–water partition coefficient (Wildman–Crippen LogP) is -0.312. The number of aliphatic hydroxyl groups is 5. The molecule has 3 unspecified atom stereocenters. The number of benzene rings is 2. The highest BCUT2D eigenvalue weighted by molar-refractivity contribution is 6.03. The molecule has 0 spiro atoms. The zero-order chi connectivity index (χ0) is 27.1. The Hall–Kier alpha value is -2.81. The number of rotatable bonds is 5. The second kappa shape index (κ2) is 10.8. The van der Waals surface area contributed by atoms with E-state index in [1.54, 1.807) is 0 Å². The number of Topliss-reactive ketones (excluding diaryl/α,β-unsaturated/α-hetero) is 1. The van der Waals surface area contributed by atoms with Gasteiger partial charge in [0.15, 0.2) is 12.1 Å². The first kappa shape index (κ1) is 26.8. The minimum Gasteiger partial charge on any atom is -0.507 e. The third-order valence-electron chi connectivity index (χ3n) is 6.97. The van der Waals surface area contributed by atoms with Gasteiger partial charge in [0, 0.05) is 11.6 Å². The molecular weight excluding hydrogens is 504 g/mol. The van der Waals surface area contributed by atoms with Crippen LogP contribution in [-0.2, 0) is 14.2 Å². The Morgan fingerprint density at radius 2 is 1.58 bits per heavy atom. The third kappa shape index (κ3) is 4.97. The fourth-order valence-electron chi connectivity index (χ4n) is 4.75.